The lowest BCUT2D eigenvalue weighted by molar-refractivity contribution is -0.191. The number of aromatic nitrogens is 3. The molecule has 2 aliphatic carbocycles. The van der Waals surface area contributed by atoms with Gasteiger partial charge in [-0.05, 0) is 37.3 Å². The zero-order valence-electron chi connectivity index (χ0n) is 18.2. The molecule has 0 aromatic carbocycles. The first-order chi connectivity index (χ1) is 13.8. The first-order valence-corrected chi connectivity index (χ1v) is 10.1. The summed E-state index contributed by atoms with van der Waals surface area (Å²) in [5, 5.41) is 3.42. The number of allylic oxidation sites excluding steroid dienone is 1. The van der Waals surface area contributed by atoms with Crippen molar-refractivity contribution in [1.29, 1.82) is 0 Å². The van der Waals surface area contributed by atoms with Crippen molar-refractivity contribution >= 4 is 23.0 Å². The average Bonchev–Trinajstić information content (AvgIpc) is 3.20. The fourth-order valence-electron chi connectivity index (χ4n) is 3.99. The van der Waals surface area contributed by atoms with Crippen LogP contribution in [0.1, 0.15) is 46.5 Å². The van der Waals surface area contributed by atoms with Crippen LogP contribution in [-0.4, -0.2) is 40.8 Å². The molecular weight excluding hydrogens is 366 g/mol. The van der Waals surface area contributed by atoms with E-state index in [0.717, 1.165) is 41.1 Å². The van der Waals surface area contributed by atoms with Gasteiger partial charge in [0.05, 0.1) is 11.7 Å². The molecule has 0 radical (unpaired) electrons. The van der Waals surface area contributed by atoms with Crippen molar-refractivity contribution in [1.82, 2.24) is 19.9 Å². The van der Waals surface area contributed by atoms with E-state index in [1.165, 1.54) is 12.8 Å². The molecule has 2 saturated carbocycles. The number of rotatable bonds is 3. The topological polar surface area (TPSA) is 92.1 Å². The number of aromatic amines is 1. The molecule has 0 spiro atoms. The molecule has 0 amide bonds. The summed E-state index contributed by atoms with van der Waals surface area (Å²) in [7, 11) is 3.85. The number of carbonyl (C=O) groups excluding carboxylic acids is 2. The Morgan fingerprint density at radius 2 is 2.03 bits per heavy atom. The summed E-state index contributed by atoms with van der Waals surface area (Å²) < 4.78 is 2.16. The monoisotopic (exact) mass is 399 g/mol. The van der Waals surface area contributed by atoms with Crippen LogP contribution in [0, 0.1) is 17.3 Å². The van der Waals surface area contributed by atoms with Crippen molar-refractivity contribution in [3.63, 3.8) is 0 Å². The third kappa shape index (κ3) is 5.52. The molecule has 2 aliphatic rings. The summed E-state index contributed by atoms with van der Waals surface area (Å²) in [6.07, 6.45) is 9.21. The molecule has 7 heteroatoms. The minimum Gasteiger partial charge on any atom is -0.345 e. The van der Waals surface area contributed by atoms with Crippen LogP contribution < -0.4 is 10.8 Å². The number of nitrogens with one attached hydrogen (secondary N) is 2. The van der Waals surface area contributed by atoms with Gasteiger partial charge in [0.1, 0.15) is 0 Å². The quantitative estimate of drug-likeness (QED) is 0.829. The minimum atomic E-state index is 0.217. The molecule has 158 valence electrons. The maximum atomic E-state index is 8.12. The Labute approximate surface area is 172 Å². The second-order valence-electron chi connectivity index (χ2n) is 8.61. The van der Waals surface area contributed by atoms with Gasteiger partial charge in [-0.2, -0.15) is 9.59 Å². The standard InChI is InChI=1S/C17H25N5.C4H8.CO2/c1-11(13-8-12(18-4)9-17(13,2)3)22-14-6-7-20-16(14)21-10-15(22)19-5;1-4-2-3-4;2-1-3/h6-7,10,12-13,18,20H,1,8-9H2,2-5H3;4H,2-3H2,1H3;. The van der Waals surface area contributed by atoms with E-state index in [1.807, 2.05) is 25.5 Å². The van der Waals surface area contributed by atoms with Gasteiger partial charge in [0.2, 0.25) is 0 Å². The van der Waals surface area contributed by atoms with Gasteiger partial charge in [-0.15, -0.1) is 0 Å². The Bertz CT molecular complexity index is 930. The summed E-state index contributed by atoms with van der Waals surface area (Å²) in [6, 6.07) is 2.59. The van der Waals surface area contributed by atoms with E-state index < -0.39 is 0 Å². The van der Waals surface area contributed by atoms with Crippen molar-refractivity contribution in [2.45, 2.75) is 52.5 Å². The highest BCUT2D eigenvalue weighted by atomic mass is 16.2. The zero-order valence-corrected chi connectivity index (χ0v) is 18.2. The fourth-order valence-corrected chi connectivity index (χ4v) is 3.99. The molecule has 2 heterocycles. The first kappa shape index (κ1) is 22.8. The van der Waals surface area contributed by atoms with Gasteiger partial charge in [0.25, 0.3) is 0 Å². The number of H-pyrrole nitrogens is 1. The van der Waals surface area contributed by atoms with Crippen LogP contribution in [0.2, 0.25) is 0 Å². The first-order valence-electron chi connectivity index (χ1n) is 10.1. The Morgan fingerprint density at radius 1 is 1.41 bits per heavy atom. The highest BCUT2D eigenvalue weighted by Gasteiger charge is 2.42. The summed E-state index contributed by atoms with van der Waals surface area (Å²) in [6.45, 7) is 11.4. The van der Waals surface area contributed by atoms with Crippen LogP contribution in [0.4, 0.5) is 0 Å². The van der Waals surface area contributed by atoms with Gasteiger partial charge in [-0.1, -0.05) is 40.2 Å². The molecule has 0 bridgehead atoms. The molecule has 2 aromatic rings. The number of hydrogen-bond acceptors (Lipinski definition) is 5. The van der Waals surface area contributed by atoms with Crippen molar-refractivity contribution < 1.29 is 9.59 Å². The van der Waals surface area contributed by atoms with Gasteiger partial charge < -0.3 is 10.3 Å². The second kappa shape index (κ2) is 9.81. The van der Waals surface area contributed by atoms with Crippen molar-refractivity contribution in [3.05, 3.63) is 30.5 Å². The van der Waals surface area contributed by atoms with Gasteiger partial charge in [0.15, 0.2) is 11.1 Å². The summed E-state index contributed by atoms with van der Waals surface area (Å²) in [4.78, 5) is 28.2. The predicted molar refractivity (Wildman–Crippen MR) is 114 cm³/mol. The van der Waals surface area contributed by atoms with Crippen molar-refractivity contribution in [2.75, 3.05) is 14.1 Å². The number of hydrogen-bond donors (Lipinski definition) is 2. The van der Waals surface area contributed by atoms with Crippen LogP contribution in [0.3, 0.4) is 0 Å². The Hall–Kier alpha value is -2.50. The van der Waals surface area contributed by atoms with E-state index in [1.54, 1.807) is 7.05 Å². The van der Waals surface area contributed by atoms with E-state index in [9.17, 15) is 0 Å². The number of fused-ring (bicyclic) bond motifs is 1. The van der Waals surface area contributed by atoms with Crippen molar-refractivity contribution in [2.24, 2.45) is 22.2 Å². The normalized spacial score (nSPS) is 22.9. The molecule has 2 N–H and O–H groups in total. The third-order valence-corrected chi connectivity index (χ3v) is 5.91. The lowest BCUT2D eigenvalue weighted by Gasteiger charge is -2.29. The largest absolute Gasteiger partial charge is 0.373 e. The molecule has 2 atom stereocenters. The van der Waals surface area contributed by atoms with Gasteiger partial charge in [0, 0.05) is 30.9 Å². The molecule has 0 saturated heterocycles. The predicted octanol–water partition coefficient (Wildman–Crippen LogP) is 3.22. The van der Waals surface area contributed by atoms with E-state index in [-0.39, 0.29) is 11.6 Å². The zero-order chi connectivity index (χ0) is 21.6. The molecule has 7 nitrogen and oxygen atoms in total. The smallest absolute Gasteiger partial charge is 0.345 e. The van der Waals surface area contributed by atoms with E-state index in [0.29, 0.717) is 12.0 Å². The van der Waals surface area contributed by atoms with Crippen LogP contribution in [-0.2, 0) is 9.59 Å². The second-order valence-corrected chi connectivity index (χ2v) is 8.61. The Morgan fingerprint density at radius 3 is 2.52 bits per heavy atom. The molecule has 29 heavy (non-hydrogen) atoms. The summed E-state index contributed by atoms with van der Waals surface area (Å²) >= 11 is 0. The summed E-state index contributed by atoms with van der Waals surface area (Å²) in [5.74, 6) is 1.50. The van der Waals surface area contributed by atoms with Crippen LogP contribution in [0.15, 0.2) is 30.0 Å². The Kier molecular flexibility index (Phi) is 7.71. The highest BCUT2D eigenvalue weighted by molar-refractivity contribution is 5.75. The van der Waals surface area contributed by atoms with Gasteiger partial charge in [-0.25, -0.2) is 4.98 Å². The van der Waals surface area contributed by atoms with Gasteiger partial charge >= 0.3 is 6.15 Å². The maximum Gasteiger partial charge on any atom is 0.373 e. The molecule has 2 unspecified atom stereocenters. The minimum absolute atomic E-state index is 0.217. The van der Waals surface area contributed by atoms with Crippen molar-refractivity contribution in [3.8, 4) is 0 Å². The molecule has 4 rings (SSSR count). The molecule has 2 aromatic heterocycles. The SMILES string of the molecule is C=C(C1CC(NC)CC1(C)C)n1c(=NC)cnc2[nH]ccc21.CC1CC1.O=C=O. The lowest BCUT2D eigenvalue weighted by Crippen LogP contribution is -2.28. The molecule has 0 aliphatic heterocycles. The third-order valence-electron chi connectivity index (χ3n) is 5.91. The highest BCUT2D eigenvalue weighted by Crippen LogP contribution is 2.47. The molecule has 2 fully saturated rings. The van der Waals surface area contributed by atoms with Gasteiger partial charge in [-0.3, -0.25) is 9.56 Å². The van der Waals surface area contributed by atoms with Crippen LogP contribution >= 0.6 is 0 Å². The fraction of sp³-hybridized carbons (Fsp3) is 0.591. The average molecular weight is 400 g/mol. The lowest BCUT2D eigenvalue weighted by atomic mass is 9.80. The van der Waals surface area contributed by atoms with E-state index >= 15 is 0 Å². The molecular formula is C22H33N5O2. The Balaban J connectivity index is 0.000000367. The van der Waals surface area contributed by atoms with Crippen LogP contribution in [0.25, 0.3) is 16.9 Å². The number of nitrogens with zero attached hydrogens (tertiary/aromatic N) is 3. The van der Waals surface area contributed by atoms with E-state index in [2.05, 4.69) is 52.2 Å². The van der Waals surface area contributed by atoms with E-state index in [4.69, 9.17) is 9.59 Å². The van der Waals surface area contributed by atoms with Crippen LogP contribution in [0.5, 0.6) is 0 Å². The summed E-state index contributed by atoms with van der Waals surface area (Å²) in [5.41, 5.74) is 4.08. The maximum absolute atomic E-state index is 8.12.